The Labute approximate surface area is 170 Å². The number of hydrogen-bond donors (Lipinski definition) is 2. The zero-order chi connectivity index (χ0) is 20.4. The quantitative estimate of drug-likeness (QED) is 0.607. The van der Waals surface area contributed by atoms with Crippen molar-refractivity contribution in [2.75, 3.05) is 18.2 Å². The van der Waals surface area contributed by atoms with E-state index in [1.807, 2.05) is 42.5 Å². The van der Waals surface area contributed by atoms with Gasteiger partial charge in [-0.1, -0.05) is 12.1 Å². The molecule has 29 heavy (non-hydrogen) atoms. The number of ether oxygens (including phenoxy) is 2. The Morgan fingerprint density at radius 2 is 2.00 bits per heavy atom. The van der Waals surface area contributed by atoms with Gasteiger partial charge < -0.3 is 19.8 Å². The molecule has 3 aromatic rings. The normalized spacial score (nSPS) is 14.3. The van der Waals surface area contributed by atoms with E-state index >= 15 is 0 Å². The largest absolute Gasteiger partial charge is 0.497 e. The molecule has 0 bridgehead atoms. The van der Waals surface area contributed by atoms with E-state index in [0.717, 1.165) is 65.8 Å². The molecule has 4 rings (SSSR count). The number of amides is 1. The highest BCUT2D eigenvalue weighted by Crippen LogP contribution is 2.38. The summed E-state index contributed by atoms with van der Waals surface area (Å²) in [4.78, 5) is 12.2. The zero-order valence-electron chi connectivity index (χ0n) is 16.9. The van der Waals surface area contributed by atoms with Crippen molar-refractivity contribution in [2.24, 2.45) is 0 Å². The number of aryl methyl sites for hydroxylation is 1. The first-order chi connectivity index (χ1) is 14.1. The van der Waals surface area contributed by atoms with Crippen molar-refractivity contribution in [1.82, 2.24) is 4.57 Å². The van der Waals surface area contributed by atoms with Crippen LogP contribution in [0.3, 0.4) is 0 Å². The summed E-state index contributed by atoms with van der Waals surface area (Å²) in [6, 6.07) is 13.6. The van der Waals surface area contributed by atoms with Crippen LogP contribution < -0.4 is 15.8 Å². The van der Waals surface area contributed by atoms with E-state index in [4.69, 9.17) is 15.2 Å². The number of nitrogen functional groups attached to an aromatic ring is 1. The molecule has 0 radical (unpaired) electrons. The monoisotopic (exact) mass is 393 g/mol. The molecule has 1 heterocycles. The summed E-state index contributed by atoms with van der Waals surface area (Å²) >= 11 is 0. The number of benzene rings is 2. The molecule has 1 aliphatic carbocycles. The van der Waals surface area contributed by atoms with Crippen LogP contribution in [0.4, 0.5) is 16.2 Å². The number of hydrogen-bond acceptors (Lipinski definition) is 4. The first-order valence-corrected chi connectivity index (χ1v) is 10.1. The zero-order valence-corrected chi connectivity index (χ0v) is 16.9. The number of anilines is 2. The van der Waals surface area contributed by atoms with Gasteiger partial charge in [0.25, 0.3) is 0 Å². The minimum atomic E-state index is -0.400. The van der Waals surface area contributed by atoms with E-state index in [1.165, 1.54) is 0 Å². The Hall–Kier alpha value is -3.15. The fraction of sp³-hybridized carbons (Fsp3) is 0.348. The van der Waals surface area contributed by atoms with Crippen LogP contribution in [0, 0.1) is 0 Å². The Bertz CT molecular complexity index is 1040. The second-order valence-corrected chi connectivity index (χ2v) is 7.41. The van der Waals surface area contributed by atoms with Crippen molar-refractivity contribution in [3.8, 4) is 17.0 Å². The first kappa shape index (κ1) is 19.2. The van der Waals surface area contributed by atoms with Gasteiger partial charge >= 0.3 is 6.09 Å². The molecule has 6 nitrogen and oxygen atoms in total. The number of nitrogens with one attached hydrogen (secondary N) is 1. The molecule has 1 amide bonds. The number of rotatable bonds is 5. The van der Waals surface area contributed by atoms with E-state index in [-0.39, 0.29) is 6.10 Å². The summed E-state index contributed by atoms with van der Waals surface area (Å²) in [6.07, 6.45) is 3.78. The van der Waals surface area contributed by atoms with Gasteiger partial charge in [-0.25, -0.2) is 4.79 Å². The SMILES string of the molecule is CCn1c(-c2cccc(NC(=O)OC3CCCC3)c2)c(N)c2ccc(OC)cc21. The third-order valence-electron chi connectivity index (χ3n) is 5.59. The minimum Gasteiger partial charge on any atom is -0.497 e. The molecular formula is C23H27N3O3. The number of nitrogens with two attached hydrogens (primary N) is 1. The van der Waals surface area contributed by atoms with E-state index < -0.39 is 6.09 Å². The predicted molar refractivity (Wildman–Crippen MR) is 116 cm³/mol. The maximum absolute atomic E-state index is 12.2. The Balaban J connectivity index is 1.66. The summed E-state index contributed by atoms with van der Waals surface area (Å²) in [5.74, 6) is 0.793. The number of carbonyl (C=O) groups is 1. The maximum atomic E-state index is 12.2. The summed E-state index contributed by atoms with van der Waals surface area (Å²) in [5, 5.41) is 3.84. The highest BCUT2D eigenvalue weighted by atomic mass is 16.6. The van der Waals surface area contributed by atoms with Gasteiger partial charge in [0.15, 0.2) is 0 Å². The van der Waals surface area contributed by atoms with Crippen LogP contribution in [0.5, 0.6) is 5.75 Å². The summed E-state index contributed by atoms with van der Waals surface area (Å²) in [5.41, 5.74) is 10.8. The number of fused-ring (bicyclic) bond motifs is 1. The Morgan fingerprint density at radius 3 is 2.72 bits per heavy atom. The van der Waals surface area contributed by atoms with Crippen molar-refractivity contribution in [2.45, 2.75) is 45.3 Å². The van der Waals surface area contributed by atoms with Gasteiger partial charge in [0.2, 0.25) is 0 Å². The molecule has 3 N–H and O–H groups in total. The van der Waals surface area contributed by atoms with Gasteiger partial charge in [-0.2, -0.15) is 0 Å². The topological polar surface area (TPSA) is 78.5 Å². The second-order valence-electron chi connectivity index (χ2n) is 7.41. The van der Waals surface area contributed by atoms with Gasteiger partial charge in [0.1, 0.15) is 11.9 Å². The lowest BCUT2D eigenvalue weighted by atomic mass is 10.1. The van der Waals surface area contributed by atoms with Crippen molar-refractivity contribution >= 4 is 28.4 Å². The van der Waals surface area contributed by atoms with Crippen LogP contribution >= 0.6 is 0 Å². The summed E-state index contributed by atoms with van der Waals surface area (Å²) in [6.45, 7) is 2.85. The molecule has 0 unspecified atom stereocenters. The van der Waals surface area contributed by atoms with Gasteiger partial charge in [-0.3, -0.25) is 5.32 Å². The first-order valence-electron chi connectivity index (χ1n) is 10.1. The average molecular weight is 393 g/mol. The smallest absolute Gasteiger partial charge is 0.411 e. The van der Waals surface area contributed by atoms with E-state index in [1.54, 1.807) is 7.11 Å². The van der Waals surface area contributed by atoms with E-state index in [9.17, 15) is 4.79 Å². The average Bonchev–Trinajstić information content (AvgIpc) is 3.33. The van der Waals surface area contributed by atoms with Gasteiger partial charge in [-0.15, -0.1) is 0 Å². The molecule has 0 spiro atoms. The van der Waals surface area contributed by atoms with Crippen LogP contribution in [0.1, 0.15) is 32.6 Å². The lowest BCUT2D eigenvalue weighted by molar-refractivity contribution is 0.114. The fourth-order valence-corrected chi connectivity index (χ4v) is 4.17. The molecular weight excluding hydrogens is 366 g/mol. The number of methoxy groups -OCH3 is 1. The molecule has 0 atom stereocenters. The highest BCUT2D eigenvalue weighted by molar-refractivity contribution is 6.02. The van der Waals surface area contributed by atoms with E-state index in [2.05, 4.69) is 16.8 Å². The standard InChI is InChI=1S/C23H27N3O3/c1-3-26-20-14-18(28-2)11-12-19(20)21(24)22(26)15-7-6-8-16(13-15)25-23(27)29-17-9-4-5-10-17/h6-8,11-14,17H,3-5,9-10,24H2,1-2H3,(H,25,27). The molecule has 1 fully saturated rings. The van der Waals surface area contributed by atoms with Gasteiger partial charge in [0, 0.05) is 29.2 Å². The molecule has 1 aliphatic rings. The van der Waals surface area contributed by atoms with Gasteiger partial charge in [-0.05, 0) is 56.9 Å². The molecule has 0 saturated heterocycles. The Morgan fingerprint density at radius 1 is 1.21 bits per heavy atom. The van der Waals surface area contributed by atoms with Crippen LogP contribution in [0.2, 0.25) is 0 Å². The van der Waals surface area contributed by atoms with Gasteiger partial charge in [0.05, 0.1) is 24.0 Å². The minimum absolute atomic E-state index is 0.0337. The molecule has 152 valence electrons. The molecule has 6 heteroatoms. The lowest BCUT2D eigenvalue weighted by Crippen LogP contribution is -2.20. The predicted octanol–water partition coefficient (Wildman–Crippen LogP) is 5.41. The fourth-order valence-electron chi connectivity index (χ4n) is 4.17. The molecule has 1 saturated carbocycles. The van der Waals surface area contributed by atoms with Crippen molar-refractivity contribution in [3.63, 3.8) is 0 Å². The van der Waals surface area contributed by atoms with Crippen molar-refractivity contribution < 1.29 is 14.3 Å². The lowest BCUT2D eigenvalue weighted by Gasteiger charge is -2.14. The van der Waals surface area contributed by atoms with Crippen LogP contribution in [0.25, 0.3) is 22.2 Å². The molecule has 0 aliphatic heterocycles. The number of carbonyl (C=O) groups excluding carboxylic acids is 1. The van der Waals surface area contributed by atoms with Crippen molar-refractivity contribution in [1.29, 1.82) is 0 Å². The number of nitrogens with zero attached hydrogens (tertiary/aromatic N) is 1. The second kappa shape index (κ2) is 8.07. The maximum Gasteiger partial charge on any atom is 0.411 e. The van der Waals surface area contributed by atoms with E-state index in [0.29, 0.717) is 5.69 Å². The van der Waals surface area contributed by atoms with Crippen LogP contribution in [-0.4, -0.2) is 23.9 Å². The third-order valence-corrected chi connectivity index (χ3v) is 5.59. The molecule has 1 aromatic heterocycles. The summed E-state index contributed by atoms with van der Waals surface area (Å²) in [7, 11) is 1.66. The number of aromatic nitrogens is 1. The Kier molecular flexibility index (Phi) is 5.34. The van der Waals surface area contributed by atoms with Crippen LogP contribution in [0.15, 0.2) is 42.5 Å². The van der Waals surface area contributed by atoms with Crippen molar-refractivity contribution in [3.05, 3.63) is 42.5 Å². The summed E-state index contributed by atoms with van der Waals surface area (Å²) < 4.78 is 13.1. The molecule has 2 aromatic carbocycles. The third kappa shape index (κ3) is 3.75. The highest BCUT2D eigenvalue weighted by Gasteiger charge is 2.20. The van der Waals surface area contributed by atoms with Crippen LogP contribution in [-0.2, 0) is 11.3 Å².